The highest BCUT2D eigenvalue weighted by molar-refractivity contribution is 5.28. The number of rotatable bonds is 5. The Kier molecular flexibility index (Phi) is 4.47. The second-order valence-electron chi connectivity index (χ2n) is 3.57. The molecule has 0 aliphatic carbocycles. The summed E-state index contributed by atoms with van der Waals surface area (Å²) in [7, 11) is 0. The highest BCUT2D eigenvalue weighted by Crippen LogP contribution is 2.15. The molecule has 0 saturated carbocycles. The maximum atomic E-state index is 5.74. The predicted molar refractivity (Wildman–Crippen MR) is 59.3 cm³/mol. The van der Waals surface area contributed by atoms with Crippen molar-refractivity contribution in [3.05, 3.63) is 29.8 Å². The minimum atomic E-state index is 0.285. The smallest absolute Gasteiger partial charge is 0.120 e. The Labute approximate surface area is 86.1 Å². The summed E-state index contributed by atoms with van der Waals surface area (Å²) < 4.78 is 5.74. The Hall–Kier alpha value is -1.02. The van der Waals surface area contributed by atoms with Gasteiger partial charge in [0, 0.05) is 6.54 Å². The zero-order chi connectivity index (χ0) is 10.4. The first-order valence-electron chi connectivity index (χ1n) is 5.22. The third-order valence-electron chi connectivity index (χ3n) is 2.17. The molecule has 2 heteroatoms. The molecule has 0 saturated heterocycles. The number of ether oxygens (including phenoxy) is 1. The van der Waals surface area contributed by atoms with Gasteiger partial charge in [-0.3, -0.25) is 0 Å². The van der Waals surface area contributed by atoms with Crippen molar-refractivity contribution in [3.63, 3.8) is 0 Å². The Morgan fingerprint density at radius 1 is 1.43 bits per heavy atom. The predicted octanol–water partition coefficient (Wildman–Crippen LogP) is 2.71. The first-order valence-corrected chi connectivity index (χ1v) is 5.22. The number of nitrogens with two attached hydrogens (primary N) is 1. The molecule has 1 aromatic carbocycles. The van der Waals surface area contributed by atoms with Crippen LogP contribution >= 0.6 is 0 Å². The lowest BCUT2D eigenvalue weighted by Crippen LogP contribution is -2.11. The van der Waals surface area contributed by atoms with E-state index in [-0.39, 0.29) is 6.10 Å². The normalized spacial score (nSPS) is 12.5. The lowest BCUT2D eigenvalue weighted by atomic mass is 10.2. The molecule has 2 nitrogen and oxygen atoms in total. The van der Waals surface area contributed by atoms with E-state index in [1.54, 1.807) is 0 Å². The van der Waals surface area contributed by atoms with Crippen molar-refractivity contribution in [2.24, 2.45) is 5.73 Å². The van der Waals surface area contributed by atoms with Crippen LogP contribution in [-0.4, -0.2) is 6.10 Å². The molecule has 1 unspecified atom stereocenters. The molecule has 0 radical (unpaired) electrons. The molecular formula is C12H19NO. The van der Waals surface area contributed by atoms with Crippen molar-refractivity contribution in [2.45, 2.75) is 39.3 Å². The molecule has 14 heavy (non-hydrogen) atoms. The summed E-state index contributed by atoms with van der Waals surface area (Å²) >= 11 is 0. The number of benzene rings is 1. The quantitative estimate of drug-likeness (QED) is 0.780. The van der Waals surface area contributed by atoms with Crippen LogP contribution in [0, 0.1) is 0 Å². The van der Waals surface area contributed by atoms with Crippen LogP contribution in [0.25, 0.3) is 0 Å². The molecule has 0 aliphatic rings. The SMILES string of the molecule is CCCC(C)Oc1cccc(CN)c1. The van der Waals surface area contributed by atoms with Crippen LogP contribution in [0.5, 0.6) is 5.75 Å². The van der Waals surface area contributed by atoms with Crippen LogP contribution in [0.15, 0.2) is 24.3 Å². The summed E-state index contributed by atoms with van der Waals surface area (Å²) in [5.41, 5.74) is 6.67. The summed E-state index contributed by atoms with van der Waals surface area (Å²) in [6.07, 6.45) is 2.53. The van der Waals surface area contributed by atoms with Crippen LogP contribution in [0.1, 0.15) is 32.3 Å². The van der Waals surface area contributed by atoms with Gasteiger partial charge in [0.2, 0.25) is 0 Å². The lowest BCUT2D eigenvalue weighted by Gasteiger charge is -2.14. The highest BCUT2D eigenvalue weighted by atomic mass is 16.5. The summed E-state index contributed by atoms with van der Waals surface area (Å²) in [4.78, 5) is 0. The fraction of sp³-hybridized carbons (Fsp3) is 0.500. The average Bonchev–Trinajstić information content (AvgIpc) is 2.18. The lowest BCUT2D eigenvalue weighted by molar-refractivity contribution is 0.210. The Morgan fingerprint density at radius 3 is 2.86 bits per heavy atom. The van der Waals surface area contributed by atoms with Crippen molar-refractivity contribution < 1.29 is 4.74 Å². The van der Waals surface area contributed by atoms with Crippen LogP contribution in [0.3, 0.4) is 0 Å². The Bertz CT molecular complexity index is 273. The first-order chi connectivity index (χ1) is 6.76. The average molecular weight is 193 g/mol. The van der Waals surface area contributed by atoms with Crippen molar-refractivity contribution >= 4 is 0 Å². The van der Waals surface area contributed by atoms with Crippen LogP contribution in [-0.2, 0) is 6.54 Å². The van der Waals surface area contributed by atoms with Gasteiger partial charge in [-0.05, 0) is 31.0 Å². The van der Waals surface area contributed by atoms with Gasteiger partial charge in [0.1, 0.15) is 5.75 Å². The van der Waals surface area contributed by atoms with E-state index in [4.69, 9.17) is 10.5 Å². The molecule has 1 atom stereocenters. The molecule has 0 spiro atoms. The Morgan fingerprint density at radius 2 is 2.21 bits per heavy atom. The molecule has 1 rings (SSSR count). The Balaban J connectivity index is 2.57. The van der Waals surface area contributed by atoms with Crippen LogP contribution in [0.2, 0.25) is 0 Å². The monoisotopic (exact) mass is 193 g/mol. The van der Waals surface area contributed by atoms with E-state index in [0.717, 1.165) is 24.2 Å². The largest absolute Gasteiger partial charge is 0.491 e. The molecule has 78 valence electrons. The van der Waals surface area contributed by atoms with E-state index in [9.17, 15) is 0 Å². The van der Waals surface area contributed by atoms with Gasteiger partial charge in [0.25, 0.3) is 0 Å². The zero-order valence-electron chi connectivity index (χ0n) is 8.99. The highest BCUT2D eigenvalue weighted by Gasteiger charge is 2.02. The van der Waals surface area contributed by atoms with Gasteiger partial charge in [-0.1, -0.05) is 25.5 Å². The van der Waals surface area contributed by atoms with Crippen LogP contribution < -0.4 is 10.5 Å². The molecule has 0 bridgehead atoms. The van der Waals surface area contributed by atoms with Crippen molar-refractivity contribution in [1.29, 1.82) is 0 Å². The summed E-state index contributed by atoms with van der Waals surface area (Å²) in [6, 6.07) is 7.98. The summed E-state index contributed by atoms with van der Waals surface area (Å²) in [5.74, 6) is 0.925. The molecule has 1 aromatic rings. The molecule has 0 heterocycles. The number of hydrogen-bond donors (Lipinski definition) is 1. The minimum Gasteiger partial charge on any atom is -0.491 e. The van der Waals surface area contributed by atoms with Gasteiger partial charge in [0.15, 0.2) is 0 Å². The fourth-order valence-electron chi connectivity index (χ4n) is 1.44. The zero-order valence-corrected chi connectivity index (χ0v) is 8.99. The van der Waals surface area contributed by atoms with Gasteiger partial charge >= 0.3 is 0 Å². The number of hydrogen-bond acceptors (Lipinski definition) is 2. The maximum absolute atomic E-state index is 5.74. The molecular weight excluding hydrogens is 174 g/mol. The third-order valence-corrected chi connectivity index (χ3v) is 2.17. The van der Waals surface area contributed by atoms with E-state index in [2.05, 4.69) is 13.8 Å². The van der Waals surface area contributed by atoms with Crippen molar-refractivity contribution in [1.82, 2.24) is 0 Å². The summed E-state index contributed by atoms with van der Waals surface area (Å²) in [5, 5.41) is 0. The van der Waals surface area contributed by atoms with Crippen molar-refractivity contribution in [2.75, 3.05) is 0 Å². The topological polar surface area (TPSA) is 35.2 Å². The van der Waals surface area contributed by atoms with E-state index in [1.165, 1.54) is 0 Å². The summed E-state index contributed by atoms with van der Waals surface area (Å²) in [6.45, 7) is 4.83. The fourth-order valence-corrected chi connectivity index (χ4v) is 1.44. The standard InChI is InChI=1S/C12H19NO/c1-3-5-10(2)14-12-7-4-6-11(8-12)9-13/h4,6-8,10H,3,5,9,13H2,1-2H3. The molecule has 0 aliphatic heterocycles. The van der Waals surface area contributed by atoms with E-state index < -0.39 is 0 Å². The van der Waals surface area contributed by atoms with Gasteiger partial charge in [-0.15, -0.1) is 0 Å². The van der Waals surface area contributed by atoms with Gasteiger partial charge in [-0.25, -0.2) is 0 Å². The molecule has 2 N–H and O–H groups in total. The van der Waals surface area contributed by atoms with Gasteiger partial charge < -0.3 is 10.5 Å². The van der Waals surface area contributed by atoms with Crippen molar-refractivity contribution in [3.8, 4) is 5.75 Å². The van der Waals surface area contributed by atoms with Gasteiger partial charge in [-0.2, -0.15) is 0 Å². The second kappa shape index (κ2) is 5.66. The second-order valence-corrected chi connectivity index (χ2v) is 3.57. The molecule has 0 aromatic heterocycles. The van der Waals surface area contributed by atoms with E-state index in [1.807, 2.05) is 24.3 Å². The molecule has 0 fully saturated rings. The maximum Gasteiger partial charge on any atom is 0.120 e. The third kappa shape index (κ3) is 3.38. The van der Waals surface area contributed by atoms with E-state index >= 15 is 0 Å². The van der Waals surface area contributed by atoms with Crippen LogP contribution in [0.4, 0.5) is 0 Å². The van der Waals surface area contributed by atoms with E-state index in [0.29, 0.717) is 6.54 Å². The first kappa shape index (κ1) is 11.1. The minimum absolute atomic E-state index is 0.285. The van der Waals surface area contributed by atoms with Gasteiger partial charge in [0.05, 0.1) is 6.10 Å². The molecule has 0 amide bonds.